The fourth-order valence-electron chi connectivity index (χ4n) is 1.35. The number of anilines is 1. The summed E-state index contributed by atoms with van der Waals surface area (Å²) in [5, 5.41) is 0. The van der Waals surface area contributed by atoms with E-state index in [9.17, 15) is 12.8 Å². The van der Waals surface area contributed by atoms with Gasteiger partial charge in [0.05, 0.1) is 4.90 Å². The number of nitrogens with one attached hydrogen (secondary N) is 1. The van der Waals surface area contributed by atoms with Crippen molar-refractivity contribution in [1.82, 2.24) is 4.72 Å². The van der Waals surface area contributed by atoms with E-state index in [0.29, 0.717) is 6.54 Å². The Morgan fingerprint density at radius 1 is 1.39 bits per heavy atom. The molecule has 1 aromatic carbocycles. The van der Waals surface area contributed by atoms with Crippen LogP contribution in [0.5, 0.6) is 0 Å². The molecule has 0 fully saturated rings. The number of benzene rings is 1. The number of halogens is 1. The molecule has 0 heterocycles. The van der Waals surface area contributed by atoms with E-state index in [1.165, 1.54) is 6.07 Å². The van der Waals surface area contributed by atoms with E-state index in [-0.39, 0.29) is 10.6 Å². The molecule has 0 aliphatic carbocycles. The normalized spacial score (nSPS) is 11.7. The van der Waals surface area contributed by atoms with Gasteiger partial charge >= 0.3 is 0 Å². The zero-order valence-corrected chi connectivity index (χ0v) is 11.8. The van der Waals surface area contributed by atoms with E-state index in [0.717, 1.165) is 30.1 Å². The molecule has 0 aromatic heterocycles. The van der Waals surface area contributed by atoms with Crippen LogP contribution in [0.2, 0.25) is 0 Å². The predicted octanol–water partition coefficient (Wildman–Crippen LogP) is 1.83. The smallest absolute Gasteiger partial charge is 0.240 e. The first-order valence-electron chi connectivity index (χ1n) is 5.59. The lowest BCUT2D eigenvalue weighted by atomic mass is 10.3. The third kappa shape index (κ3) is 4.83. The highest BCUT2D eigenvalue weighted by atomic mass is 32.2. The van der Waals surface area contributed by atoms with Gasteiger partial charge in [0.1, 0.15) is 5.82 Å². The van der Waals surface area contributed by atoms with E-state index < -0.39 is 15.8 Å². The molecular weight excluding hydrogens is 275 g/mol. The van der Waals surface area contributed by atoms with Gasteiger partial charge in [-0.1, -0.05) is 6.92 Å². The summed E-state index contributed by atoms with van der Waals surface area (Å²) in [5.74, 6) is 1.24. The monoisotopic (exact) mass is 292 g/mol. The second kappa shape index (κ2) is 6.96. The third-order valence-electron chi connectivity index (χ3n) is 2.17. The third-order valence-corrected chi connectivity index (χ3v) is 4.59. The lowest BCUT2D eigenvalue weighted by Crippen LogP contribution is -2.25. The van der Waals surface area contributed by atoms with Gasteiger partial charge in [0.2, 0.25) is 10.0 Å². The van der Waals surface area contributed by atoms with Crippen LogP contribution in [0.1, 0.15) is 13.3 Å². The van der Waals surface area contributed by atoms with Crippen LogP contribution in [-0.2, 0) is 10.0 Å². The van der Waals surface area contributed by atoms with Gasteiger partial charge in [0.25, 0.3) is 0 Å². The van der Waals surface area contributed by atoms with Crippen LogP contribution in [0.4, 0.5) is 10.1 Å². The highest BCUT2D eigenvalue weighted by Gasteiger charge is 2.14. The molecule has 0 amide bonds. The molecule has 1 aromatic rings. The van der Waals surface area contributed by atoms with Crippen molar-refractivity contribution in [1.29, 1.82) is 0 Å². The Kier molecular flexibility index (Phi) is 5.90. The van der Waals surface area contributed by atoms with Crippen LogP contribution in [0.15, 0.2) is 23.1 Å². The molecule has 1 rings (SSSR count). The van der Waals surface area contributed by atoms with Crippen LogP contribution in [0.3, 0.4) is 0 Å². The fraction of sp³-hybridized carbons (Fsp3) is 0.455. The molecule has 0 radical (unpaired) electrons. The lowest BCUT2D eigenvalue weighted by molar-refractivity contribution is 0.577. The van der Waals surface area contributed by atoms with E-state index in [4.69, 9.17) is 5.73 Å². The van der Waals surface area contributed by atoms with Crippen molar-refractivity contribution < 1.29 is 12.8 Å². The minimum atomic E-state index is -3.67. The largest absolute Gasteiger partial charge is 0.399 e. The van der Waals surface area contributed by atoms with Crippen LogP contribution in [-0.4, -0.2) is 26.5 Å². The Morgan fingerprint density at radius 3 is 2.72 bits per heavy atom. The van der Waals surface area contributed by atoms with Crippen molar-refractivity contribution >= 4 is 27.5 Å². The minimum Gasteiger partial charge on any atom is -0.399 e. The first kappa shape index (κ1) is 15.3. The van der Waals surface area contributed by atoms with Crippen molar-refractivity contribution in [3.05, 3.63) is 24.0 Å². The van der Waals surface area contributed by atoms with Gasteiger partial charge in [0, 0.05) is 12.2 Å². The van der Waals surface area contributed by atoms with Gasteiger partial charge in [-0.2, -0.15) is 11.8 Å². The summed E-state index contributed by atoms with van der Waals surface area (Å²) in [6.45, 7) is 2.39. The number of sulfonamides is 1. The maximum Gasteiger partial charge on any atom is 0.240 e. The molecule has 0 saturated heterocycles. The summed E-state index contributed by atoms with van der Waals surface area (Å²) in [6, 6.07) is 3.28. The van der Waals surface area contributed by atoms with Crippen LogP contribution in [0.25, 0.3) is 0 Å². The maximum absolute atomic E-state index is 13.1. The summed E-state index contributed by atoms with van der Waals surface area (Å²) < 4.78 is 39.2. The SMILES string of the molecule is CCSCCCNS(=O)(=O)c1cc(N)cc(F)c1. The molecule has 0 saturated carbocycles. The fourth-order valence-corrected chi connectivity index (χ4v) is 3.12. The van der Waals surface area contributed by atoms with Crippen molar-refractivity contribution in [2.45, 2.75) is 18.2 Å². The van der Waals surface area contributed by atoms with Crippen molar-refractivity contribution in [3.63, 3.8) is 0 Å². The number of hydrogen-bond acceptors (Lipinski definition) is 4. The van der Waals surface area contributed by atoms with Crippen LogP contribution in [0, 0.1) is 5.82 Å². The maximum atomic E-state index is 13.1. The molecule has 7 heteroatoms. The van der Waals surface area contributed by atoms with Crippen LogP contribution >= 0.6 is 11.8 Å². The molecule has 102 valence electrons. The van der Waals surface area contributed by atoms with Gasteiger partial charge in [-0.15, -0.1) is 0 Å². The van der Waals surface area contributed by atoms with E-state index in [1.54, 1.807) is 11.8 Å². The first-order chi connectivity index (χ1) is 8.45. The van der Waals surface area contributed by atoms with Gasteiger partial charge in [0.15, 0.2) is 0 Å². The lowest BCUT2D eigenvalue weighted by Gasteiger charge is -2.07. The number of rotatable bonds is 7. The predicted molar refractivity (Wildman–Crippen MR) is 73.6 cm³/mol. The summed E-state index contributed by atoms with van der Waals surface area (Å²) in [5.41, 5.74) is 5.51. The molecule has 0 atom stereocenters. The topological polar surface area (TPSA) is 72.2 Å². The average molecular weight is 292 g/mol. The summed E-state index contributed by atoms with van der Waals surface area (Å²) in [6.07, 6.45) is 0.739. The van der Waals surface area contributed by atoms with E-state index in [2.05, 4.69) is 4.72 Å². The standard InChI is InChI=1S/C11H17FN2O2S2/c1-2-17-5-3-4-14-18(15,16)11-7-9(12)6-10(13)8-11/h6-8,14H,2-5,13H2,1H3. The number of hydrogen-bond donors (Lipinski definition) is 2. The number of thioether (sulfide) groups is 1. The number of nitrogens with two attached hydrogens (primary N) is 1. The zero-order valence-electron chi connectivity index (χ0n) is 10.1. The minimum absolute atomic E-state index is 0.0944. The molecule has 0 spiro atoms. The van der Waals surface area contributed by atoms with Gasteiger partial charge in [-0.25, -0.2) is 17.5 Å². The molecular formula is C11H17FN2O2S2. The van der Waals surface area contributed by atoms with Gasteiger partial charge < -0.3 is 5.73 Å². The Morgan fingerprint density at radius 2 is 2.11 bits per heavy atom. The molecule has 0 bridgehead atoms. The highest BCUT2D eigenvalue weighted by Crippen LogP contribution is 2.15. The van der Waals surface area contributed by atoms with E-state index >= 15 is 0 Å². The first-order valence-corrected chi connectivity index (χ1v) is 8.23. The second-order valence-corrected chi connectivity index (χ2v) is 6.83. The Balaban J connectivity index is 2.63. The molecule has 0 aliphatic rings. The quantitative estimate of drug-likeness (QED) is 0.594. The van der Waals surface area contributed by atoms with Crippen molar-refractivity contribution in [2.24, 2.45) is 0 Å². The molecule has 0 unspecified atom stereocenters. The van der Waals surface area contributed by atoms with Crippen molar-refractivity contribution in [3.8, 4) is 0 Å². The number of nitrogen functional groups attached to an aromatic ring is 1. The summed E-state index contributed by atoms with van der Waals surface area (Å²) in [7, 11) is -3.67. The summed E-state index contributed by atoms with van der Waals surface area (Å²) >= 11 is 1.74. The Labute approximate surface area is 111 Å². The second-order valence-electron chi connectivity index (χ2n) is 3.67. The molecule has 3 N–H and O–H groups in total. The van der Waals surface area contributed by atoms with Gasteiger partial charge in [-0.05, 0) is 36.1 Å². The molecule has 18 heavy (non-hydrogen) atoms. The van der Waals surface area contributed by atoms with Crippen LogP contribution < -0.4 is 10.5 Å². The highest BCUT2D eigenvalue weighted by molar-refractivity contribution is 7.99. The van der Waals surface area contributed by atoms with Gasteiger partial charge in [-0.3, -0.25) is 0 Å². The average Bonchev–Trinajstić information content (AvgIpc) is 2.27. The summed E-state index contributed by atoms with van der Waals surface area (Å²) in [4.78, 5) is -0.136. The van der Waals surface area contributed by atoms with E-state index in [1.807, 2.05) is 6.92 Å². The zero-order chi connectivity index (χ0) is 13.6. The van der Waals surface area contributed by atoms with Crippen molar-refractivity contribution in [2.75, 3.05) is 23.8 Å². The molecule has 0 aliphatic heterocycles. The Hall–Kier alpha value is -0.790. The Bertz CT molecular complexity index is 472. The molecule has 4 nitrogen and oxygen atoms in total.